The number of hydrogen-bond acceptors (Lipinski definition) is 0. The summed E-state index contributed by atoms with van der Waals surface area (Å²) in [6, 6.07) is 9.55. The molecular formula is C32H52. The third kappa shape index (κ3) is 9.07. The highest BCUT2D eigenvalue weighted by Gasteiger charge is 2.28. The first-order valence-corrected chi connectivity index (χ1v) is 14.5. The second-order valence-electron chi connectivity index (χ2n) is 11.2. The minimum atomic E-state index is 0.992. The van der Waals surface area contributed by atoms with Gasteiger partial charge in [0.15, 0.2) is 0 Å². The van der Waals surface area contributed by atoms with Gasteiger partial charge in [0.1, 0.15) is 0 Å². The fraction of sp³-hybridized carbons (Fsp3) is 0.750. The lowest BCUT2D eigenvalue weighted by atomic mass is 9.70. The zero-order chi connectivity index (χ0) is 22.4. The van der Waals surface area contributed by atoms with Crippen LogP contribution in [0.1, 0.15) is 134 Å². The fourth-order valence-electron chi connectivity index (χ4n) is 6.31. The van der Waals surface area contributed by atoms with Gasteiger partial charge in [-0.2, -0.15) is 0 Å². The maximum Gasteiger partial charge on any atom is -0.0241 e. The summed E-state index contributed by atoms with van der Waals surface area (Å²) in [5, 5.41) is 0. The topological polar surface area (TPSA) is 0 Å². The highest BCUT2D eigenvalue weighted by atomic mass is 14.3. The van der Waals surface area contributed by atoms with Gasteiger partial charge in [0, 0.05) is 0 Å². The minimum Gasteiger partial charge on any atom is -0.0850 e. The van der Waals surface area contributed by atoms with Crippen molar-refractivity contribution in [3.8, 4) is 0 Å². The molecule has 1 aromatic carbocycles. The maximum absolute atomic E-state index is 2.65. The van der Waals surface area contributed by atoms with Gasteiger partial charge in [0.05, 0.1) is 0 Å². The third-order valence-corrected chi connectivity index (χ3v) is 8.65. The van der Waals surface area contributed by atoms with Gasteiger partial charge in [0.2, 0.25) is 0 Å². The summed E-state index contributed by atoms with van der Waals surface area (Å²) in [6.07, 6.45) is 29.5. The Morgan fingerprint density at radius 3 is 1.91 bits per heavy atom. The fourth-order valence-corrected chi connectivity index (χ4v) is 6.31. The van der Waals surface area contributed by atoms with E-state index < -0.39 is 0 Å². The van der Waals surface area contributed by atoms with E-state index >= 15 is 0 Å². The van der Waals surface area contributed by atoms with Crippen LogP contribution in [0.3, 0.4) is 0 Å². The summed E-state index contributed by atoms with van der Waals surface area (Å²) in [6.45, 7) is 4.61. The smallest absolute Gasteiger partial charge is 0.0241 e. The Kier molecular flexibility index (Phi) is 12.0. The molecule has 0 nitrogen and oxygen atoms in total. The Hall–Kier alpha value is -1.04. The Labute approximate surface area is 200 Å². The Morgan fingerprint density at radius 2 is 1.28 bits per heavy atom. The molecule has 1 aromatic rings. The van der Waals surface area contributed by atoms with Crippen molar-refractivity contribution in [1.82, 2.24) is 0 Å². The Bertz CT molecular complexity index is 629. The standard InChI is InChI=1S/C32H52/c1-3-5-7-9-11-27-13-15-29(16-14-27)17-18-30-21-25-32(26-22-30)31-23-19-28(20-24-31)12-10-8-6-4-2/h13-16,21,28,31-32H,3-12,17-20,22-26H2,1-2H3/t28-,31-,32?. The number of benzene rings is 1. The molecule has 0 heteroatoms. The van der Waals surface area contributed by atoms with Gasteiger partial charge in [-0.15, -0.1) is 0 Å². The highest BCUT2D eigenvalue weighted by molar-refractivity contribution is 5.24. The van der Waals surface area contributed by atoms with Crippen molar-refractivity contribution in [2.24, 2.45) is 17.8 Å². The second-order valence-corrected chi connectivity index (χ2v) is 11.2. The van der Waals surface area contributed by atoms with Gasteiger partial charge in [-0.3, -0.25) is 0 Å². The summed E-state index contributed by atoms with van der Waals surface area (Å²) in [5.74, 6) is 3.08. The van der Waals surface area contributed by atoms with E-state index in [0.29, 0.717) is 0 Å². The van der Waals surface area contributed by atoms with Crippen LogP contribution in [0.15, 0.2) is 35.9 Å². The van der Waals surface area contributed by atoms with Crippen molar-refractivity contribution < 1.29 is 0 Å². The first kappa shape index (κ1) is 25.6. The molecule has 0 N–H and O–H groups in total. The molecular weight excluding hydrogens is 384 g/mol. The molecule has 0 bridgehead atoms. The maximum atomic E-state index is 2.65. The lowest BCUT2D eigenvalue weighted by molar-refractivity contribution is 0.185. The summed E-state index contributed by atoms with van der Waals surface area (Å²) < 4.78 is 0. The zero-order valence-electron chi connectivity index (χ0n) is 21.6. The van der Waals surface area contributed by atoms with E-state index in [4.69, 9.17) is 0 Å². The Balaban J connectivity index is 1.31. The Morgan fingerprint density at radius 1 is 0.625 bits per heavy atom. The van der Waals surface area contributed by atoms with Crippen molar-refractivity contribution in [3.05, 3.63) is 47.0 Å². The van der Waals surface area contributed by atoms with Crippen LogP contribution in [0.25, 0.3) is 0 Å². The lowest BCUT2D eigenvalue weighted by Gasteiger charge is -2.35. The molecule has 0 aliphatic heterocycles. The van der Waals surface area contributed by atoms with Crippen molar-refractivity contribution in [3.63, 3.8) is 0 Å². The van der Waals surface area contributed by atoms with Crippen molar-refractivity contribution in [1.29, 1.82) is 0 Å². The van der Waals surface area contributed by atoms with Crippen molar-refractivity contribution in [2.45, 2.75) is 136 Å². The molecule has 0 saturated heterocycles. The quantitative estimate of drug-likeness (QED) is 0.201. The largest absolute Gasteiger partial charge is 0.0850 e. The van der Waals surface area contributed by atoms with Crippen LogP contribution in [-0.2, 0) is 12.8 Å². The third-order valence-electron chi connectivity index (χ3n) is 8.65. The molecule has 3 rings (SSSR count). The number of aryl methyl sites for hydroxylation is 2. The molecule has 32 heavy (non-hydrogen) atoms. The minimum absolute atomic E-state index is 0.992. The average Bonchev–Trinajstić information content (AvgIpc) is 2.85. The number of rotatable bonds is 14. The molecule has 180 valence electrons. The van der Waals surface area contributed by atoms with Gasteiger partial charge >= 0.3 is 0 Å². The molecule has 0 radical (unpaired) electrons. The van der Waals surface area contributed by atoms with Gasteiger partial charge in [-0.1, -0.05) is 114 Å². The summed E-state index contributed by atoms with van der Waals surface area (Å²) >= 11 is 0. The van der Waals surface area contributed by atoms with Crippen molar-refractivity contribution in [2.75, 3.05) is 0 Å². The van der Waals surface area contributed by atoms with E-state index in [9.17, 15) is 0 Å². The average molecular weight is 437 g/mol. The molecule has 2 aliphatic rings. The monoisotopic (exact) mass is 436 g/mol. The number of hydrogen-bond donors (Lipinski definition) is 0. The van der Waals surface area contributed by atoms with Crippen LogP contribution in [0.5, 0.6) is 0 Å². The van der Waals surface area contributed by atoms with Gasteiger partial charge < -0.3 is 0 Å². The van der Waals surface area contributed by atoms with E-state index in [1.54, 1.807) is 5.57 Å². The normalized spacial score (nSPS) is 23.8. The number of allylic oxidation sites excluding steroid dienone is 2. The predicted molar refractivity (Wildman–Crippen MR) is 142 cm³/mol. The van der Waals surface area contributed by atoms with Crippen LogP contribution in [0, 0.1) is 17.8 Å². The molecule has 0 heterocycles. The lowest BCUT2D eigenvalue weighted by Crippen LogP contribution is -2.23. The summed E-state index contributed by atoms with van der Waals surface area (Å²) in [7, 11) is 0. The van der Waals surface area contributed by atoms with E-state index in [2.05, 4.69) is 44.2 Å². The second kappa shape index (κ2) is 15.0. The molecule has 0 amide bonds. The van der Waals surface area contributed by atoms with E-state index in [-0.39, 0.29) is 0 Å². The van der Waals surface area contributed by atoms with E-state index in [1.165, 1.54) is 133 Å². The molecule has 1 atom stereocenters. The van der Waals surface area contributed by atoms with Crippen LogP contribution < -0.4 is 0 Å². The van der Waals surface area contributed by atoms with Crippen molar-refractivity contribution >= 4 is 0 Å². The van der Waals surface area contributed by atoms with Crippen LogP contribution in [0.4, 0.5) is 0 Å². The first-order valence-electron chi connectivity index (χ1n) is 14.5. The zero-order valence-corrected chi connectivity index (χ0v) is 21.6. The SMILES string of the molecule is CCCCCCc1ccc(CCC2=CCC([C@H]3CC[C@H](CCCCCC)CC3)CC2)cc1. The van der Waals surface area contributed by atoms with E-state index in [1.807, 2.05) is 0 Å². The first-order chi connectivity index (χ1) is 15.8. The molecule has 0 aromatic heterocycles. The number of unbranched alkanes of at least 4 members (excludes halogenated alkanes) is 6. The van der Waals surface area contributed by atoms with E-state index in [0.717, 1.165) is 17.8 Å². The molecule has 1 unspecified atom stereocenters. The van der Waals surface area contributed by atoms with Crippen LogP contribution >= 0.6 is 0 Å². The van der Waals surface area contributed by atoms with Gasteiger partial charge in [-0.25, -0.2) is 0 Å². The van der Waals surface area contributed by atoms with Gasteiger partial charge in [-0.05, 0) is 86.7 Å². The highest BCUT2D eigenvalue weighted by Crippen LogP contribution is 2.41. The van der Waals surface area contributed by atoms with Crippen LogP contribution in [0.2, 0.25) is 0 Å². The van der Waals surface area contributed by atoms with Crippen LogP contribution in [-0.4, -0.2) is 0 Å². The summed E-state index contributed by atoms with van der Waals surface area (Å²) in [4.78, 5) is 0. The summed E-state index contributed by atoms with van der Waals surface area (Å²) in [5.41, 5.74) is 4.80. The van der Waals surface area contributed by atoms with Gasteiger partial charge in [0.25, 0.3) is 0 Å². The molecule has 1 fully saturated rings. The molecule has 1 saturated carbocycles. The molecule has 0 spiro atoms. The molecule has 2 aliphatic carbocycles. The predicted octanol–water partition coefficient (Wildman–Crippen LogP) is 10.2.